The Hall–Kier alpha value is -2.77. The van der Waals surface area contributed by atoms with E-state index in [2.05, 4.69) is 5.32 Å². The zero-order chi connectivity index (χ0) is 12.7. The van der Waals surface area contributed by atoms with Crippen molar-refractivity contribution in [1.29, 1.82) is 15.8 Å². The van der Waals surface area contributed by atoms with E-state index < -0.39 is 0 Å². The Balaban J connectivity index is 2.98. The number of rotatable bonds is 3. The fourth-order valence-corrected chi connectivity index (χ4v) is 1.25. The number of hydrogen-bond acceptors (Lipinski definition) is 4. The Labute approximate surface area is 100 Å². The molecule has 1 rings (SSSR count). The van der Waals surface area contributed by atoms with Gasteiger partial charge in [0.05, 0.1) is 0 Å². The predicted molar refractivity (Wildman–Crippen MR) is 63.3 cm³/mol. The van der Waals surface area contributed by atoms with Crippen LogP contribution in [0.2, 0.25) is 0 Å². The summed E-state index contributed by atoms with van der Waals surface area (Å²) in [6.07, 6.45) is 0.933. The van der Waals surface area contributed by atoms with Crippen molar-refractivity contribution in [3.8, 4) is 18.2 Å². The molecular weight excluding hydrogens is 212 g/mol. The summed E-state index contributed by atoms with van der Waals surface area (Å²) >= 11 is 0. The molecule has 0 saturated carbocycles. The van der Waals surface area contributed by atoms with Crippen molar-refractivity contribution in [2.45, 2.75) is 13.3 Å². The first-order valence-corrected chi connectivity index (χ1v) is 5.05. The topological polar surface area (TPSA) is 83.4 Å². The third-order valence-corrected chi connectivity index (χ3v) is 2.22. The summed E-state index contributed by atoms with van der Waals surface area (Å²) in [5.41, 5.74) is 1.62. The second kappa shape index (κ2) is 5.95. The van der Waals surface area contributed by atoms with Crippen molar-refractivity contribution in [3.63, 3.8) is 0 Å². The normalized spacial score (nSPS) is 8.35. The number of nitriles is 3. The second-order valence-corrected chi connectivity index (χ2v) is 3.26. The molecule has 0 unspecified atom stereocenters. The van der Waals surface area contributed by atoms with Gasteiger partial charge in [0.25, 0.3) is 0 Å². The minimum absolute atomic E-state index is 0.0285. The summed E-state index contributed by atoms with van der Waals surface area (Å²) in [4.78, 5) is 0. The van der Waals surface area contributed by atoms with E-state index in [1.165, 1.54) is 5.56 Å². The van der Waals surface area contributed by atoms with Crippen molar-refractivity contribution in [3.05, 3.63) is 41.1 Å². The fourth-order valence-electron chi connectivity index (χ4n) is 1.25. The molecule has 0 radical (unpaired) electrons. The van der Waals surface area contributed by atoms with Gasteiger partial charge in [-0.2, -0.15) is 15.8 Å². The molecule has 4 nitrogen and oxygen atoms in total. The zero-order valence-electron chi connectivity index (χ0n) is 9.36. The standard InChI is InChI=1S/C13H10N4/c1-2-10-3-5-12(6-4-10)17-13(9-16)11(7-14)8-15/h3-6,17H,2H2,1H3. The Morgan fingerprint density at radius 2 is 1.65 bits per heavy atom. The van der Waals surface area contributed by atoms with Crippen molar-refractivity contribution in [2.24, 2.45) is 0 Å². The number of aryl methyl sites for hydroxylation is 1. The molecule has 0 spiro atoms. The van der Waals surface area contributed by atoms with E-state index in [0.29, 0.717) is 5.69 Å². The molecule has 1 aromatic rings. The van der Waals surface area contributed by atoms with Crippen LogP contribution in [0.1, 0.15) is 12.5 Å². The first-order chi connectivity index (χ1) is 8.24. The second-order valence-electron chi connectivity index (χ2n) is 3.26. The van der Waals surface area contributed by atoms with E-state index in [-0.39, 0.29) is 11.3 Å². The Morgan fingerprint density at radius 1 is 1.06 bits per heavy atom. The van der Waals surface area contributed by atoms with Crippen LogP contribution in [-0.2, 0) is 6.42 Å². The number of allylic oxidation sites excluding steroid dienone is 2. The van der Waals surface area contributed by atoms with Crippen LogP contribution < -0.4 is 5.32 Å². The first kappa shape index (κ1) is 12.3. The minimum Gasteiger partial charge on any atom is -0.345 e. The molecule has 0 aliphatic carbocycles. The molecule has 17 heavy (non-hydrogen) atoms. The van der Waals surface area contributed by atoms with Gasteiger partial charge in [-0.15, -0.1) is 0 Å². The molecule has 0 aliphatic heterocycles. The fraction of sp³-hybridized carbons (Fsp3) is 0.154. The minimum atomic E-state index is -0.216. The van der Waals surface area contributed by atoms with Crippen LogP contribution in [-0.4, -0.2) is 0 Å². The quantitative estimate of drug-likeness (QED) is 0.796. The Bertz CT molecular complexity index is 531. The largest absolute Gasteiger partial charge is 0.345 e. The number of nitrogens with zero attached hydrogens (tertiary/aromatic N) is 3. The molecule has 0 saturated heterocycles. The summed E-state index contributed by atoms with van der Waals surface area (Å²) < 4.78 is 0. The van der Waals surface area contributed by atoms with Gasteiger partial charge >= 0.3 is 0 Å². The number of benzene rings is 1. The van der Waals surface area contributed by atoms with Gasteiger partial charge < -0.3 is 5.32 Å². The van der Waals surface area contributed by atoms with Crippen LogP contribution in [0.5, 0.6) is 0 Å². The lowest BCUT2D eigenvalue weighted by molar-refractivity contribution is 1.14. The molecule has 1 aromatic carbocycles. The molecule has 0 aromatic heterocycles. The van der Waals surface area contributed by atoms with Crippen molar-refractivity contribution >= 4 is 5.69 Å². The van der Waals surface area contributed by atoms with Gasteiger partial charge in [-0.1, -0.05) is 19.1 Å². The van der Waals surface area contributed by atoms with E-state index in [1.807, 2.05) is 31.2 Å². The molecule has 0 aliphatic rings. The van der Waals surface area contributed by atoms with E-state index in [1.54, 1.807) is 18.2 Å². The van der Waals surface area contributed by atoms with Gasteiger partial charge in [0.1, 0.15) is 23.9 Å². The summed E-state index contributed by atoms with van der Waals surface area (Å²) in [5, 5.41) is 28.9. The van der Waals surface area contributed by atoms with E-state index in [0.717, 1.165) is 6.42 Å². The smallest absolute Gasteiger partial charge is 0.163 e. The van der Waals surface area contributed by atoms with E-state index >= 15 is 0 Å². The average Bonchev–Trinajstić information content (AvgIpc) is 2.39. The monoisotopic (exact) mass is 222 g/mol. The van der Waals surface area contributed by atoms with E-state index in [9.17, 15) is 0 Å². The van der Waals surface area contributed by atoms with Gasteiger partial charge in [0, 0.05) is 5.69 Å². The molecule has 0 heterocycles. The van der Waals surface area contributed by atoms with Gasteiger partial charge in [0.15, 0.2) is 5.57 Å². The summed E-state index contributed by atoms with van der Waals surface area (Å²) in [7, 11) is 0. The summed E-state index contributed by atoms with van der Waals surface area (Å²) in [5.74, 6) is 0. The third kappa shape index (κ3) is 3.09. The van der Waals surface area contributed by atoms with Crippen LogP contribution in [0.15, 0.2) is 35.5 Å². The molecular formula is C13H10N4. The number of nitrogens with one attached hydrogen (secondary N) is 1. The third-order valence-electron chi connectivity index (χ3n) is 2.22. The molecule has 0 atom stereocenters. The lowest BCUT2D eigenvalue weighted by Crippen LogP contribution is -2.00. The zero-order valence-corrected chi connectivity index (χ0v) is 9.36. The molecule has 0 bridgehead atoms. The first-order valence-electron chi connectivity index (χ1n) is 5.05. The highest BCUT2D eigenvalue weighted by Crippen LogP contribution is 2.13. The van der Waals surface area contributed by atoms with Crippen LogP contribution in [0.3, 0.4) is 0 Å². The Morgan fingerprint density at radius 3 is 2.06 bits per heavy atom. The Kier molecular flexibility index (Phi) is 4.31. The molecule has 4 heteroatoms. The van der Waals surface area contributed by atoms with Gasteiger partial charge in [-0.3, -0.25) is 0 Å². The summed E-state index contributed by atoms with van der Waals surface area (Å²) in [6, 6.07) is 12.6. The van der Waals surface area contributed by atoms with Gasteiger partial charge in [0.2, 0.25) is 0 Å². The van der Waals surface area contributed by atoms with Crippen LogP contribution in [0, 0.1) is 34.0 Å². The lowest BCUT2D eigenvalue weighted by Gasteiger charge is -2.05. The van der Waals surface area contributed by atoms with Crippen LogP contribution in [0.4, 0.5) is 5.69 Å². The molecule has 1 N–H and O–H groups in total. The molecule has 0 amide bonds. The maximum atomic E-state index is 8.85. The maximum Gasteiger partial charge on any atom is 0.163 e. The average molecular weight is 222 g/mol. The lowest BCUT2D eigenvalue weighted by atomic mass is 10.1. The molecule has 82 valence electrons. The SMILES string of the molecule is CCc1ccc(NC(C#N)=C(C#N)C#N)cc1. The van der Waals surface area contributed by atoms with E-state index in [4.69, 9.17) is 15.8 Å². The van der Waals surface area contributed by atoms with Crippen molar-refractivity contribution in [2.75, 3.05) is 5.32 Å². The van der Waals surface area contributed by atoms with Crippen LogP contribution in [0.25, 0.3) is 0 Å². The number of anilines is 1. The highest BCUT2D eigenvalue weighted by molar-refractivity contribution is 5.58. The van der Waals surface area contributed by atoms with Crippen LogP contribution >= 0.6 is 0 Å². The van der Waals surface area contributed by atoms with Crippen molar-refractivity contribution in [1.82, 2.24) is 0 Å². The van der Waals surface area contributed by atoms with Gasteiger partial charge in [-0.25, -0.2) is 0 Å². The summed E-state index contributed by atoms with van der Waals surface area (Å²) in [6.45, 7) is 2.05. The van der Waals surface area contributed by atoms with Crippen molar-refractivity contribution < 1.29 is 0 Å². The van der Waals surface area contributed by atoms with Gasteiger partial charge in [-0.05, 0) is 24.1 Å². The number of hydrogen-bond donors (Lipinski definition) is 1. The predicted octanol–water partition coefficient (Wildman–Crippen LogP) is 2.49. The molecule has 0 fully saturated rings. The highest BCUT2D eigenvalue weighted by atomic mass is 14.9. The highest BCUT2D eigenvalue weighted by Gasteiger charge is 2.05. The maximum absolute atomic E-state index is 8.85.